The molecule has 0 atom stereocenters. The Kier molecular flexibility index (Phi) is 3.74. The van der Waals surface area contributed by atoms with Crippen molar-refractivity contribution in [3.8, 4) is 0 Å². The Labute approximate surface area is 99.1 Å². The zero-order valence-electron chi connectivity index (χ0n) is 9.80. The minimum atomic E-state index is -0.0165. The maximum absolute atomic E-state index is 2.35. The predicted molar refractivity (Wildman–Crippen MR) is 73.5 cm³/mol. The van der Waals surface area contributed by atoms with Crippen molar-refractivity contribution in [2.75, 3.05) is 13.3 Å². The third kappa shape index (κ3) is 2.51. The van der Waals surface area contributed by atoms with Gasteiger partial charge in [0.2, 0.25) is 0 Å². The van der Waals surface area contributed by atoms with Crippen molar-refractivity contribution in [2.24, 2.45) is 0 Å². The van der Waals surface area contributed by atoms with Crippen LogP contribution in [0.25, 0.3) is 0 Å². The molecule has 1 heteroatoms. The molecule has 16 heavy (non-hydrogen) atoms. The summed E-state index contributed by atoms with van der Waals surface area (Å²) in [5, 5.41) is 0. The molecule has 0 bridgehead atoms. The first-order valence-corrected chi connectivity index (χ1v) is 7.86. The number of benzene rings is 2. The van der Waals surface area contributed by atoms with Crippen molar-refractivity contribution < 1.29 is 0 Å². The zero-order valence-corrected chi connectivity index (χ0v) is 10.7. The van der Waals surface area contributed by atoms with Crippen molar-refractivity contribution in [2.45, 2.75) is 5.66 Å². The molecule has 0 spiro atoms. The van der Waals surface area contributed by atoms with E-state index >= 15 is 0 Å². The Morgan fingerprint density at radius 2 is 1.06 bits per heavy atom. The quantitative estimate of drug-likeness (QED) is 0.678. The highest BCUT2D eigenvalue weighted by Gasteiger charge is 2.16. The first-order chi connectivity index (χ1) is 7.79. The molecule has 0 fully saturated rings. The summed E-state index contributed by atoms with van der Waals surface area (Å²) in [5.74, 6) is 0. The van der Waals surface area contributed by atoms with Crippen molar-refractivity contribution in [1.29, 1.82) is 0 Å². The Morgan fingerprint density at radius 3 is 1.38 bits per heavy atom. The lowest BCUT2D eigenvalue weighted by Crippen LogP contribution is -1.97. The van der Waals surface area contributed by atoms with Gasteiger partial charge in [-0.2, -0.15) is 0 Å². The van der Waals surface area contributed by atoms with E-state index in [4.69, 9.17) is 0 Å². The molecule has 0 saturated heterocycles. The SMILES string of the molecule is CP(C)C(c1ccccc1)c1ccccc1. The first-order valence-electron chi connectivity index (χ1n) is 5.55. The van der Waals surface area contributed by atoms with Gasteiger partial charge in [0.1, 0.15) is 0 Å². The maximum Gasteiger partial charge on any atom is 0.0286 e. The van der Waals surface area contributed by atoms with Crippen LogP contribution in [0, 0.1) is 0 Å². The minimum absolute atomic E-state index is 0.0165. The highest BCUT2D eigenvalue weighted by molar-refractivity contribution is 7.56. The van der Waals surface area contributed by atoms with E-state index in [1.807, 2.05) is 0 Å². The van der Waals surface area contributed by atoms with Crippen LogP contribution in [0.3, 0.4) is 0 Å². The fourth-order valence-corrected chi connectivity index (χ4v) is 3.60. The summed E-state index contributed by atoms with van der Waals surface area (Å²) >= 11 is 0. The lowest BCUT2D eigenvalue weighted by atomic mass is 10.0. The third-order valence-corrected chi connectivity index (χ3v) is 4.38. The molecule has 0 unspecified atom stereocenters. The van der Waals surface area contributed by atoms with Gasteiger partial charge in [0.25, 0.3) is 0 Å². The lowest BCUT2D eigenvalue weighted by Gasteiger charge is -2.22. The standard InChI is InChI=1S/C15H17P/c1-16(2)15(13-9-5-3-6-10-13)14-11-7-4-8-12-14/h3-12,15H,1-2H3. The molecular formula is C15H17P. The second-order valence-corrected chi connectivity index (χ2v) is 6.63. The molecule has 0 aromatic heterocycles. The molecule has 2 aromatic carbocycles. The van der Waals surface area contributed by atoms with E-state index in [2.05, 4.69) is 74.0 Å². The summed E-state index contributed by atoms with van der Waals surface area (Å²) in [6.45, 7) is 4.69. The van der Waals surface area contributed by atoms with Crippen LogP contribution in [-0.4, -0.2) is 13.3 Å². The molecule has 2 rings (SSSR count). The van der Waals surface area contributed by atoms with Crippen molar-refractivity contribution in [1.82, 2.24) is 0 Å². The predicted octanol–water partition coefficient (Wildman–Crippen LogP) is 4.52. The summed E-state index contributed by atoms with van der Waals surface area (Å²) in [7, 11) is -0.0165. The van der Waals surface area contributed by atoms with E-state index in [1.54, 1.807) is 0 Å². The Balaban J connectivity index is 2.40. The van der Waals surface area contributed by atoms with Crippen molar-refractivity contribution in [3.63, 3.8) is 0 Å². The molecule has 0 nitrogen and oxygen atoms in total. The summed E-state index contributed by atoms with van der Waals surface area (Å²) in [4.78, 5) is 0. The van der Waals surface area contributed by atoms with Gasteiger partial charge in [-0.15, -0.1) is 7.92 Å². The first kappa shape index (κ1) is 11.4. The fourth-order valence-electron chi connectivity index (χ4n) is 2.06. The van der Waals surface area contributed by atoms with E-state index < -0.39 is 0 Å². The van der Waals surface area contributed by atoms with Crippen molar-refractivity contribution >= 4 is 7.92 Å². The van der Waals surface area contributed by atoms with E-state index in [9.17, 15) is 0 Å². The average Bonchev–Trinajstić information content (AvgIpc) is 2.31. The zero-order chi connectivity index (χ0) is 11.4. The summed E-state index contributed by atoms with van der Waals surface area (Å²) < 4.78 is 0. The molecule has 0 heterocycles. The monoisotopic (exact) mass is 228 g/mol. The average molecular weight is 228 g/mol. The molecule has 0 aliphatic rings. The Bertz CT molecular complexity index is 380. The molecule has 0 N–H and O–H groups in total. The number of hydrogen-bond acceptors (Lipinski definition) is 0. The van der Waals surface area contributed by atoms with Crippen LogP contribution < -0.4 is 0 Å². The van der Waals surface area contributed by atoms with Crippen molar-refractivity contribution in [3.05, 3.63) is 71.8 Å². The van der Waals surface area contributed by atoms with Gasteiger partial charge in [-0.3, -0.25) is 0 Å². The molecule has 0 aliphatic heterocycles. The van der Waals surface area contributed by atoms with E-state index in [-0.39, 0.29) is 7.92 Å². The topological polar surface area (TPSA) is 0 Å². The van der Waals surface area contributed by atoms with Crippen LogP contribution in [-0.2, 0) is 0 Å². The van der Waals surface area contributed by atoms with Crippen LogP contribution >= 0.6 is 7.92 Å². The number of hydrogen-bond donors (Lipinski definition) is 0. The van der Waals surface area contributed by atoms with Gasteiger partial charge in [0.05, 0.1) is 0 Å². The van der Waals surface area contributed by atoms with Crippen LogP contribution in [0.15, 0.2) is 60.7 Å². The van der Waals surface area contributed by atoms with E-state index in [0.29, 0.717) is 5.66 Å². The summed E-state index contributed by atoms with van der Waals surface area (Å²) in [6, 6.07) is 21.6. The van der Waals surface area contributed by atoms with Crippen LogP contribution in [0.2, 0.25) is 0 Å². The lowest BCUT2D eigenvalue weighted by molar-refractivity contribution is 1.14. The van der Waals surface area contributed by atoms with Gasteiger partial charge in [-0.25, -0.2) is 0 Å². The Morgan fingerprint density at radius 1 is 0.688 bits per heavy atom. The summed E-state index contributed by atoms with van der Waals surface area (Å²) in [5.41, 5.74) is 3.44. The second kappa shape index (κ2) is 5.27. The minimum Gasteiger partial charge on any atom is -0.101 e. The molecule has 0 aliphatic carbocycles. The molecule has 0 radical (unpaired) electrons. The highest BCUT2D eigenvalue weighted by atomic mass is 31.1. The van der Waals surface area contributed by atoms with Gasteiger partial charge in [-0.05, 0) is 24.5 Å². The van der Waals surface area contributed by atoms with Gasteiger partial charge in [0, 0.05) is 5.66 Å². The van der Waals surface area contributed by atoms with Gasteiger partial charge < -0.3 is 0 Å². The smallest absolute Gasteiger partial charge is 0.0286 e. The molecule has 0 amide bonds. The molecule has 2 aromatic rings. The van der Waals surface area contributed by atoms with Gasteiger partial charge in [0.15, 0.2) is 0 Å². The molecule has 82 valence electrons. The third-order valence-electron chi connectivity index (χ3n) is 2.75. The molecular weight excluding hydrogens is 211 g/mol. The van der Waals surface area contributed by atoms with Crippen LogP contribution in [0.5, 0.6) is 0 Å². The second-order valence-electron chi connectivity index (χ2n) is 4.19. The van der Waals surface area contributed by atoms with Gasteiger partial charge in [-0.1, -0.05) is 60.7 Å². The van der Waals surface area contributed by atoms with E-state index in [1.165, 1.54) is 11.1 Å². The number of rotatable bonds is 3. The summed E-state index contributed by atoms with van der Waals surface area (Å²) in [6.07, 6.45) is 0. The van der Waals surface area contributed by atoms with E-state index in [0.717, 1.165) is 0 Å². The fraction of sp³-hybridized carbons (Fsp3) is 0.200. The Hall–Kier alpha value is -1.13. The maximum atomic E-state index is 2.35. The molecule has 0 saturated carbocycles. The van der Waals surface area contributed by atoms with Crippen LogP contribution in [0.1, 0.15) is 16.8 Å². The van der Waals surface area contributed by atoms with Crippen LogP contribution in [0.4, 0.5) is 0 Å². The van der Waals surface area contributed by atoms with Gasteiger partial charge >= 0.3 is 0 Å². The highest BCUT2D eigenvalue weighted by Crippen LogP contribution is 2.48. The normalized spacial score (nSPS) is 11.0. The largest absolute Gasteiger partial charge is 0.101 e.